The Balaban J connectivity index is 2.19. The molecule has 5 nitrogen and oxygen atoms in total. The van der Waals surface area contributed by atoms with Gasteiger partial charge in [-0.25, -0.2) is 0 Å². The summed E-state index contributed by atoms with van der Waals surface area (Å²) in [4.78, 5) is 12.9. The Labute approximate surface area is 124 Å². The molecule has 0 aliphatic heterocycles. The topological polar surface area (TPSA) is 58.4 Å². The van der Waals surface area contributed by atoms with Gasteiger partial charge in [-0.1, -0.05) is 30.5 Å². The van der Waals surface area contributed by atoms with Crippen LogP contribution in [0.4, 0.5) is 11.4 Å². The minimum atomic E-state index is -0.429. The van der Waals surface area contributed by atoms with Crippen LogP contribution in [0, 0.1) is 10.1 Å². The highest BCUT2D eigenvalue weighted by Crippen LogP contribution is 2.36. The van der Waals surface area contributed by atoms with E-state index in [1.807, 2.05) is 0 Å². The van der Waals surface area contributed by atoms with Gasteiger partial charge >= 0.3 is 5.69 Å². The summed E-state index contributed by atoms with van der Waals surface area (Å²) < 4.78 is 0. The fourth-order valence-electron chi connectivity index (χ4n) is 2.92. The predicted molar refractivity (Wildman–Crippen MR) is 81.5 cm³/mol. The van der Waals surface area contributed by atoms with Crippen molar-refractivity contribution >= 4 is 23.0 Å². The van der Waals surface area contributed by atoms with Gasteiger partial charge in [-0.3, -0.25) is 10.1 Å². The lowest BCUT2D eigenvalue weighted by molar-refractivity contribution is -0.383. The molecule has 0 heterocycles. The Kier molecular flexibility index (Phi) is 4.50. The van der Waals surface area contributed by atoms with Crippen molar-refractivity contribution in [2.45, 2.75) is 31.2 Å². The summed E-state index contributed by atoms with van der Waals surface area (Å²) in [5.41, 5.74) is 0.535. The molecule has 6 heteroatoms. The van der Waals surface area contributed by atoms with Crippen molar-refractivity contribution < 1.29 is 4.92 Å². The van der Waals surface area contributed by atoms with Gasteiger partial charge in [0.25, 0.3) is 0 Å². The molecular weight excluding hydrogens is 278 g/mol. The number of para-hydroxylation sites is 1. The van der Waals surface area contributed by atoms with Crippen LogP contribution < -0.4 is 5.32 Å². The number of hydrogen-bond acceptors (Lipinski definition) is 4. The third kappa shape index (κ3) is 2.88. The largest absolute Gasteiger partial charge is 0.378 e. The quantitative estimate of drug-likeness (QED) is 0.667. The van der Waals surface area contributed by atoms with Crippen LogP contribution in [0.5, 0.6) is 0 Å². The van der Waals surface area contributed by atoms with E-state index in [9.17, 15) is 10.1 Å². The normalized spacial score (nSPS) is 17.4. The molecule has 0 saturated heterocycles. The fraction of sp³-hybridized carbons (Fsp3) is 0.571. The van der Waals surface area contributed by atoms with Crippen LogP contribution in [0.3, 0.4) is 0 Å². The molecule has 0 spiro atoms. The Bertz CT molecular complexity index is 499. The number of nitro benzene ring substituents is 1. The van der Waals surface area contributed by atoms with Crippen molar-refractivity contribution in [3.63, 3.8) is 0 Å². The molecule has 0 amide bonds. The molecule has 1 aromatic rings. The van der Waals surface area contributed by atoms with Crippen molar-refractivity contribution in [3.8, 4) is 0 Å². The van der Waals surface area contributed by atoms with Gasteiger partial charge in [0.15, 0.2) is 0 Å². The van der Waals surface area contributed by atoms with Gasteiger partial charge in [0.1, 0.15) is 10.7 Å². The van der Waals surface area contributed by atoms with Gasteiger partial charge in [0, 0.05) is 12.1 Å². The molecule has 0 aromatic heterocycles. The first-order valence-electron chi connectivity index (χ1n) is 6.80. The molecule has 1 aliphatic carbocycles. The van der Waals surface area contributed by atoms with E-state index in [1.165, 1.54) is 12.8 Å². The Hall–Kier alpha value is -1.33. The second-order valence-electron chi connectivity index (χ2n) is 5.57. The first-order valence-corrected chi connectivity index (χ1v) is 7.18. The summed E-state index contributed by atoms with van der Waals surface area (Å²) >= 11 is 5.92. The first kappa shape index (κ1) is 15.1. The maximum atomic E-state index is 11.1. The van der Waals surface area contributed by atoms with Crippen molar-refractivity contribution in [1.82, 2.24) is 4.90 Å². The highest BCUT2D eigenvalue weighted by molar-refractivity contribution is 6.33. The van der Waals surface area contributed by atoms with Gasteiger partial charge in [0.05, 0.1) is 4.92 Å². The van der Waals surface area contributed by atoms with Crippen LogP contribution in [0.1, 0.15) is 25.7 Å². The third-order valence-corrected chi connectivity index (χ3v) is 4.57. The summed E-state index contributed by atoms with van der Waals surface area (Å²) in [5, 5.41) is 14.5. The lowest BCUT2D eigenvalue weighted by atomic mass is 9.96. The van der Waals surface area contributed by atoms with Crippen molar-refractivity contribution in [2.24, 2.45) is 0 Å². The average molecular weight is 298 g/mol. The SMILES string of the molecule is CN(C)C1(CNc2cccc(Cl)c2[N+](=O)[O-])CCCC1. The number of anilines is 1. The third-order valence-electron chi connectivity index (χ3n) is 4.26. The summed E-state index contributed by atoms with van der Waals surface area (Å²) in [6.07, 6.45) is 4.64. The molecule has 1 aliphatic rings. The van der Waals surface area contributed by atoms with Crippen LogP contribution in [-0.2, 0) is 0 Å². The molecule has 1 N–H and O–H groups in total. The number of benzene rings is 1. The van der Waals surface area contributed by atoms with Crippen LogP contribution in [0.2, 0.25) is 5.02 Å². The van der Waals surface area contributed by atoms with Gasteiger partial charge in [-0.15, -0.1) is 0 Å². The monoisotopic (exact) mass is 297 g/mol. The molecule has 0 radical (unpaired) electrons. The number of likely N-dealkylation sites (N-methyl/N-ethyl adjacent to an activating group) is 1. The van der Waals surface area contributed by atoms with Crippen molar-refractivity contribution in [1.29, 1.82) is 0 Å². The molecule has 20 heavy (non-hydrogen) atoms. The molecular formula is C14H20ClN3O2. The summed E-state index contributed by atoms with van der Waals surface area (Å²) in [6.45, 7) is 0.696. The van der Waals surface area contributed by atoms with Gasteiger partial charge < -0.3 is 10.2 Å². The van der Waals surface area contributed by atoms with E-state index < -0.39 is 4.92 Å². The Morgan fingerprint density at radius 1 is 1.40 bits per heavy atom. The molecule has 1 saturated carbocycles. The number of hydrogen-bond donors (Lipinski definition) is 1. The van der Waals surface area contributed by atoms with Crippen LogP contribution in [0.25, 0.3) is 0 Å². The summed E-state index contributed by atoms with van der Waals surface area (Å²) in [7, 11) is 4.14. The van der Waals surface area contributed by atoms with Gasteiger partial charge in [-0.2, -0.15) is 0 Å². The second-order valence-corrected chi connectivity index (χ2v) is 5.98. The fourth-order valence-corrected chi connectivity index (χ4v) is 3.16. The molecule has 1 aromatic carbocycles. The van der Waals surface area contributed by atoms with E-state index in [-0.39, 0.29) is 16.2 Å². The van der Waals surface area contributed by atoms with Crippen molar-refractivity contribution in [2.75, 3.05) is 26.0 Å². The van der Waals surface area contributed by atoms with E-state index in [1.54, 1.807) is 18.2 Å². The van der Waals surface area contributed by atoms with Crippen molar-refractivity contribution in [3.05, 3.63) is 33.3 Å². The summed E-state index contributed by atoms with van der Waals surface area (Å²) in [5.74, 6) is 0. The van der Waals surface area contributed by atoms with Crippen LogP contribution in [-0.4, -0.2) is 36.0 Å². The Morgan fingerprint density at radius 2 is 2.05 bits per heavy atom. The zero-order valence-electron chi connectivity index (χ0n) is 11.9. The molecule has 0 atom stereocenters. The second kappa shape index (κ2) is 5.97. The van der Waals surface area contributed by atoms with Gasteiger partial charge in [0.2, 0.25) is 0 Å². The number of halogens is 1. The molecule has 1 fully saturated rings. The lowest BCUT2D eigenvalue weighted by Gasteiger charge is -2.36. The smallest absolute Gasteiger partial charge is 0.310 e. The number of rotatable bonds is 5. The first-order chi connectivity index (χ1) is 9.46. The minimum absolute atomic E-state index is 0.0407. The lowest BCUT2D eigenvalue weighted by Crippen LogP contribution is -2.47. The number of nitrogens with zero attached hydrogens (tertiary/aromatic N) is 2. The van der Waals surface area contributed by atoms with E-state index in [0.717, 1.165) is 12.8 Å². The molecule has 0 unspecified atom stereocenters. The molecule has 0 bridgehead atoms. The highest BCUT2D eigenvalue weighted by atomic mass is 35.5. The Morgan fingerprint density at radius 3 is 2.60 bits per heavy atom. The zero-order valence-corrected chi connectivity index (χ0v) is 12.6. The number of nitro groups is 1. The maximum absolute atomic E-state index is 11.1. The van der Waals surface area contributed by atoms with E-state index >= 15 is 0 Å². The van der Waals surface area contributed by atoms with E-state index in [0.29, 0.717) is 12.2 Å². The average Bonchev–Trinajstić information content (AvgIpc) is 2.86. The maximum Gasteiger partial charge on any atom is 0.310 e. The predicted octanol–water partition coefficient (Wildman–Crippen LogP) is 3.53. The van der Waals surface area contributed by atoms with Crippen LogP contribution >= 0.6 is 11.6 Å². The zero-order chi connectivity index (χ0) is 14.8. The number of nitrogens with one attached hydrogen (secondary N) is 1. The highest BCUT2D eigenvalue weighted by Gasteiger charge is 2.36. The molecule has 2 rings (SSSR count). The van der Waals surface area contributed by atoms with Crippen LogP contribution in [0.15, 0.2) is 18.2 Å². The van der Waals surface area contributed by atoms with E-state index in [2.05, 4.69) is 24.3 Å². The minimum Gasteiger partial charge on any atom is -0.378 e. The summed E-state index contributed by atoms with van der Waals surface area (Å²) in [6, 6.07) is 4.99. The molecule has 110 valence electrons. The van der Waals surface area contributed by atoms with Gasteiger partial charge in [-0.05, 0) is 39.1 Å². The van der Waals surface area contributed by atoms with E-state index in [4.69, 9.17) is 11.6 Å². The standard InChI is InChI=1S/C14H20ClN3O2/c1-17(2)14(8-3-4-9-14)10-16-12-7-5-6-11(15)13(12)18(19)20/h5-7,16H,3-4,8-10H2,1-2H3.